The van der Waals surface area contributed by atoms with E-state index in [2.05, 4.69) is 9.97 Å². The molecule has 170 valence electrons. The Morgan fingerprint density at radius 1 is 0.567 bits per heavy atom. The molecule has 10 heteroatoms. The van der Waals surface area contributed by atoms with Crippen LogP contribution in [0.25, 0.3) is 12.2 Å². The lowest BCUT2D eigenvalue weighted by Crippen LogP contribution is -2.44. The van der Waals surface area contributed by atoms with Crippen molar-refractivity contribution in [1.82, 2.24) is 9.97 Å². The number of hydrogen-bond acceptors (Lipinski definition) is 8. The molecule has 0 aliphatic rings. The topological polar surface area (TPSA) is 81.2 Å². The highest BCUT2D eigenvalue weighted by molar-refractivity contribution is 6.67. The van der Waals surface area contributed by atoms with E-state index in [1.807, 2.05) is 65.1 Å². The summed E-state index contributed by atoms with van der Waals surface area (Å²) in [7, 11) is -5.73. The standard InChI is InChI=1S/C20H36N2O6Si2/c1-7-23-29(24-8-2,25-9-3)15-13-19-17-22-20(18-21-19)14-16-30(26-10-4,27-11-5)28-12-6/h13-18H,7-12H2,1-6H3. The molecule has 1 aromatic rings. The van der Waals surface area contributed by atoms with Crippen molar-refractivity contribution in [3.63, 3.8) is 0 Å². The first-order valence-electron chi connectivity index (χ1n) is 10.6. The fraction of sp³-hybridized carbons (Fsp3) is 0.600. The molecule has 30 heavy (non-hydrogen) atoms. The van der Waals surface area contributed by atoms with Gasteiger partial charge >= 0.3 is 17.6 Å². The first kappa shape index (κ1) is 26.8. The van der Waals surface area contributed by atoms with Crippen LogP contribution in [-0.2, 0) is 26.6 Å². The third-order valence-corrected chi connectivity index (χ3v) is 8.98. The summed E-state index contributed by atoms with van der Waals surface area (Å²) in [6.07, 6.45) is 7.02. The molecule has 0 amide bonds. The minimum Gasteiger partial charge on any atom is -0.371 e. The zero-order valence-electron chi connectivity index (χ0n) is 19.1. The molecule has 1 heterocycles. The fourth-order valence-corrected chi connectivity index (χ4v) is 6.88. The Bertz CT molecular complexity index is 554. The van der Waals surface area contributed by atoms with Crippen molar-refractivity contribution < 1.29 is 26.6 Å². The van der Waals surface area contributed by atoms with Crippen LogP contribution in [0.1, 0.15) is 52.9 Å². The van der Waals surface area contributed by atoms with Gasteiger partial charge in [-0.15, -0.1) is 0 Å². The summed E-state index contributed by atoms with van der Waals surface area (Å²) in [4.78, 5) is 8.90. The van der Waals surface area contributed by atoms with E-state index >= 15 is 0 Å². The van der Waals surface area contributed by atoms with Crippen LogP contribution in [0, 0.1) is 0 Å². The lowest BCUT2D eigenvalue weighted by atomic mass is 10.4. The van der Waals surface area contributed by atoms with Crippen LogP contribution >= 0.6 is 0 Å². The van der Waals surface area contributed by atoms with Crippen LogP contribution < -0.4 is 0 Å². The quantitative estimate of drug-likeness (QED) is 0.349. The van der Waals surface area contributed by atoms with Gasteiger partial charge in [0, 0.05) is 39.6 Å². The molecule has 0 aliphatic carbocycles. The molecule has 0 fully saturated rings. The van der Waals surface area contributed by atoms with E-state index in [4.69, 9.17) is 26.6 Å². The lowest BCUT2D eigenvalue weighted by Gasteiger charge is -2.25. The van der Waals surface area contributed by atoms with Gasteiger partial charge < -0.3 is 26.6 Å². The second-order valence-corrected chi connectivity index (χ2v) is 10.7. The minimum absolute atomic E-state index is 0.511. The zero-order valence-corrected chi connectivity index (χ0v) is 21.1. The Hall–Kier alpha value is -1.25. The maximum Gasteiger partial charge on any atom is 0.529 e. The summed E-state index contributed by atoms with van der Waals surface area (Å²) in [6.45, 7) is 14.6. The summed E-state index contributed by atoms with van der Waals surface area (Å²) >= 11 is 0. The molecular weight excluding hydrogens is 420 g/mol. The number of rotatable bonds is 16. The monoisotopic (exact) mass is 456 g/mol. The normalized spacial score (nSPS) is 13.0. The molecule has 0 aromatic carbocycles. The maximum atomic E-state index is 5.81. The highest BCUT2D eigenvalue weighted by atomic mass is 28.4. The predicted octanol–water partition coefficient (Wildman–Crippen LogP) is 3.68. The second-order valence-electron chi connectivity index (χ2n) is 5.84. The Labute approximate surface area is 183 Å². The van der Waals surface area contributed by atoms with Crippen LogP contribution in [0.15, 0.2) is 23.8 Å². The van der Waals surface area contributed by atoms with Crippen molar-refractivity contribution in [2.75, 3.05) is 39.6 Å². The molecule has 1 aromatic heterocycles. The van der Waals surface area contributed by atoms with Gasteiger partial charge in [-0.3, -0.25) is 9.97 Å². The molecule has 8 nitrogen and oxygen atoms in total. The van der Waals surface area contributed by atoms with Gasteiger partial charge in [0.25, 0.3) is 0 Å². The van der Waals surface area contributed by atoms with Crippen molar-refractivity contribution in [2.45, 2.75) is 41.5 Å². The van der Waals surface area contributed by atoms with E-state index in [0.717, 1.165) is 0 Å². The van der Waals surface area contributed by atoms with Gasteiger partial charge in [0.15, 0.2) is 0 Å². The van der Waals surface area contributed by atoms with Crippen molar-refractivity contribution in [1.29, 1.82) is 0 Å². The highest BCUT2D eigenvalue weighted by Gasteiger charge is 2.38. The van der Waals surface area contributed by atoms with Crippen LogP contribution in [0.3, 0.4) is 0 Å². The molecule has 0 spiro atoms. The molecule has 0 radical (unpaired) electrons. The van der Waals surface area contributed by atoms with Gasteiger partial charge in [0.1, 0.15) is 0 Å². The molecule has 0 atom stereocenters. The van der Waals surface area contributed by atoms with E-state index in [0.29, 0.717) is 51.0 Å². The number of nitrogens with zero attached hydrogens (tertiary/aromatic N) is 2. The van der Waals surface area contributed by atoms with Gasteiger partial charge in [-0.25, -0.2) is 0 Å². The van der Waals surface area contributed by atoms with Crippen LogP contribution in [0.2, 0.25) is 0 Å². The third-order valence-electron chi connectivity index (χ3n) is 3.68. The summed E-state index contributed by atoms with van der Waals surface area (Å²) in [6, 6.07) is 0. The van der Waals surface area contributed by atoms with E-state index in [9.17, 15) is 0 Å². The summed E-state index contributed by atoms with van der Waals surface area (Å²) in [5.41, 5.74) is 5.07. The van der Waals surface area contributed by atoms with Gasteiger partial charge in [0.05, 0.1) is 23.8 Å². The second kappa shape index (κ2) is 14.7. The molecule has 0 unspecified atom stereocenters. The van der Waals surface area contributed by atoms with E-state index in [1.165, 1.54) is 0 Å². The average molecular weight is 457 g/mol. The van der Waals surface area contributed by atoms with E-state index in [-0.39, 0.29) is 0 Å². The van der Waals surface area contributed by atoms with Crippen molar-refractivity contribution in [3.05, 3.63) is 35.2 Å². The zero-order chi connectivity index (χ0) is 22.3. The highest BCUT2D eigenvalue weighted by Crippen LogP contribution is 2.15. The SMILES string of the molecule is CCO[Si](C=Cc1cnc(C=C[Si](OCC)(OCC)OCC)cn1)(OCC)OCC. The maximum absolute atomic E-state index is 5.81. The minimum atomic E-state index is -2.87. The van der Waals surface area contributed by atoms with Crippen molar-refractivity contribution >= 4 is 29.8 Å². The van der Waals surface area contributed by atoms with Gasteiger partial charge in [-0.2, -0.15) is 0 Å². The molecule has 0 N–H and O–H groups in total. The first-order valence-corrected chi connectivity index (χ1v) is 14.2. The Morgan fingerprint density at radius 3 is 1.03 bits per heavy atom. The number of aromatic nitrogens is 2. The van der Waals surface area contributed by atoms with Gasteiger partial charge in [-0.1, -0.05) is 0 Å². The molecule has 0 aliphatic heterocycles. The van der Waals surface area contributed by atoms with E-state index in [1.54, 1.807) is 12.4 Å². The molecule has 0 bridgehead atoms. The Balaban J connectivity index is 2.98. The smallest absolute Gasteiger partial charge is 0.371 e. The largest absolute Gasteiger partial charge is 0.529 e. The Morgan fingerprint density at radius 2 is 0.833 bits per heavy atom. The number of hydrogen-bond donors (Lipinski definition) is 0. The summed E-state index contributed by atoms with van der Waals surface area (Å²) in [5, 5.41) is 0. The molecule has 0 saturated heterocycles. The third kappa shape index (κ3) is 8.86. The van der Waals surface area contributed by atoms with Crippen molar-refractivity contribution in [3.8, 4) is 0 Å². The fourth-order valence-electron chi connectivity index (χ4n) is 2.64. The average Bonchev–Trinajstić information content (AvgIpc) is 2.73. The van der Waals surface area contributed by atoms with Crippen LogP contribution in [-0.4, -0.2) is 67.2 Å². The summed E-state index contributed by atoms with van der Waals surface area (Å²) in [5.74, 6) is 0. The molecule has 0 saturated carbocycles. The van der Waals surface area contributed by atoms with Crippen LogP contribution in [0.4, 0.5) is 0 Å². The van der Waals surface area contributed by atoms with E-state index < -0.39 is 17.6 Å². The first-order chi connectivity index (χ1) is 14.5. The van der Waals surface area contributed by atoms with Crippen molar-refractivity contribution in [2.24, 2.45) is 0 Å². The van der Waals surface area contributed by atoms with Crippen LogP contribution in [0.5, 0.6) is 0 Å². The Kier molecular flexibility index (Phi) is 13.1. The molecule has 1 rings (SSSR count). The van der Waals surface area contributed by atoms with Gasteiger partial charge in [0.2, 0.25) is 0 Å². The van der Waals surface area contributed by atoms with Gasteiger partial charge in [-0.05, 0) is 65.1 Å². The molecular formula is C20H36N2O6Si2. The summed E-state index contributed by atoms with van der Waals surface area (Å²) < 4.78 is 34.9. The predicted molar refractivity (Wildman–Crippen MR) is 121 cm³/mol. The lowest BCUT2D eigenvalue weighted by molar-refractivity contribution is 0.0837.